The van der Waals surface area contributed by atoms with Crippen LogP contribution in [0.3, 0.4) is 0 Å². The maximum absolute atomic E-state index is 13.2. The quantitative estimate of drug-likeness (QED) is 0.567. The van der Waals surface area contributed by atoms with E-state index in [-0.39, 0.29) is 22.7 Å². The largest absolute Gasteiger partial charge is 0.364 e. The predicted octanol–water partition coefficient (Wildman–Crippen LogP) is 2.67. The van der Waals surface area contributed by atoms with Gasteiger partial charge in [-0.1, -0.05) is 17.7 Å². The zero-order valence-electron chi connectivity index (χ0n) is 13.6. The minimum Gasteiger partial charge on any atom is -0.364 e. The number of amides is 1. The van der Waals surface area contributed by atoms with Crippen LogP contribution in [0.4, 0.5) is 4.39 Å². The van der Waals surface area contributed by atoms with Gasteiger partial charge in [0.2, 0.25) is 0 Å². The molecule has 0 bridgehead atoms. The number of H-pyrrole nitrogens is 1. The number of nitrogens with zero attached hydrogens (tertiary/aromatic N) is 3. The number of nitrogens with two attached hydrogens (primary N) is 1. The van der Waals surface area contributed by atoms with Gasteiger partial charge in [-0.15, -0.1) is 0 Å². The molecule has 0 saturated carbocycles. The topological polar surface area (TPSA) is 107 Å². The van der Waals surface area contributed by atoms with Crippen LogP contribution in [-0.2, 0) is 0 Å². The summed E-state index contributed by atoms with van der Waals surface area (Å²) in [4.78, 5) is 35.5. The highest BCUT2D eigenvalue weighted by Crippen LogP contribution is 2.23. The van der Waals surface area contributed by atoms with E-state index in [0.29, 0.717) is 16.3 Å². The summed E-state index contributed by atoms with van der Waals surface area (Å²) in [6.07, 6.45) is 0. The first-order valence-corrected chi connectivity index (χ1v) is 8.16. The molecule has 0 aliphatic carbocycles. The Bertz CT molecular complexity index is 1250. The third-order valence-electron chi connectivity index (χ3n) is 3.94. The van der Waals surface area contributed by atoms with Crippen molar-refractivity contribution in [2.24, 2.45) is 5.73 Å². The Morgan fingerprint density at radius 3 is 2.56 bits per heavy atom. The van der Waals surface area contributed by atoms with Crippen LogP contribution in [0.25, 0.3) is 28.2 Å². The van der Waals surface area contributed by atoms with Crippen molar-refractivity contribution in [2.45, 2.75) is 0 Å². The number of aromatic nitrogens is 4. The summed E-state index contributed by atoms with van der Waals surface area (Å²) in [5.41, 5.74) is 5.95. The summed E-state index contributed by atoms with van der Waals surface area (Å²) < 4.78 is 14.5. The van der Waals surface area contributed by atoms with Crippen LogP contribution in [0.15, 0.2) is 53.3 Å². The predicted molar refractivity (Wildman–Crippen MR) is 98.4 cm³/mol. The SMILES string of the molecule is NC(=O)c1nc(-c2ccc(F)cc2)nc2c1[nH]c(=O)n2-c1cccc(Cl)c1. The highest BCUT2D eigenvalue weighted by molar-refractivity contribution is 6.30. The molecule has 9 heteroatoms. The number of benzene rings is 2. The van der Waals surface area contributed by atoms with Crippen LogP contribution in [-0.4, -0.2) is 25.4 Å². The van der Waals surface area contributed by atoms with Crippen LogP contribution >= 0.6 is 11.6 Å². The first-order valence-electron chi connectivity index (χ1n) is 7.78. The molecule has 0 saturated heterocycles. The molecule has 0 fully saturated rings. The van der Waals surface area contributed by atoms with Gasteiger partial charge >= 0.3 is 5.69 Å². The molecule has 0 spiro atoms. The van der Waals surface area contributed by atoms with Crippen LogP contribution in [0.1, 0.15) is 10.5 Å². The summed E-state index contributed by atoms with van der Waals surface area (Å²) in [5.74, 6) is -1.12. The second-order valence-electron chi connectivity index (χ2n) is 5.71. The lowest BCUT2D eigenvalue weighted by molar-refractivity contribution is 0.0997. The van der Waals surface area contributed by atoms with Crippen molar-refractivity contribution in [1.82, 2.24) is 19.5 Å². The van der Waals surface area contributed by atoms with Crippen LogP contribution in [0.5, 0.6) is 0 Å². The first kappa shape index (κ1) is 16.9. The molecule has 4 rings (SSSR count). The molecule has 7 nitrogen and oxygen atoms in total. The van der Waals surface area contributed by atoms with E-state index in [1.807, 2.05) is 0 Å². The van der Waals surface area contributed by atoms with E-state index in [1.165, 1.54) is 28.8 Å². The Morgan fingerprint density at radius 1 is 1.15 bits per heavy atom. The van der Waals surface area contributed by atoms with Crippen molar-refractivity contribution in [3.05, 3.63) is 75.5 Å². The number of aromatic amines is 1. The molecule has 0 aliphatic rings. The summed E-state index contributed by atoms with van der Waals surface area (Å²) in [7, 11) is 0. The number of fused-ring (bicyclic) bond motifs is 1. The molecule has 2 aromatic heterocycles. The number of halogens is 2. The minimum absolute atomic E-state index is 0.110. The van der Waals surface area contributed by atoms with Crippen molar-refractivity contribution in [3.63, 3.8) is 0 Å². The highest BCUT2D eigenvalue weighted by Gasteiger charge is 2.20. The maximum Gasteiger partial charge on any atom is 0.332 e. The second kappa shape index (κ2) is 6.33. The smallest absolute Gasteiger partial charge is 0.332 e. The fourth-order valence-corrected chi connectivity index (χ4v) is 2.93. The average Bonchev–Trinajstić information content (AvgIpc) is 2.97. The van der Waals surface area contributed by atoms with Crippen molar-refractivity contribution in [1.29, 1.82) is 0 Å². The number of carbonyl (C=O) groups excluding carboxylic acids is 1. The molecule has 2 aromatic carbocycles. The number of hydrogen-bond donors (Lipinski definition) is 2. The molecular weight excluding hydrogens is 373 g/mol. The van der Waals surface area contributed by atoms with Gasteiger partial charge in [0.1, 0.15) is 11.3 Å². The Morgan fingerprint density at radius 2 is 1.89 bits per heavy atom. The van der Waals surface area contributed by atoms with Crippen molar-refractivity contribution < 1.29 is 9.18 Å². The highest BCUT2D eigenvalue weighted by atomic mass is 35.5. The van der Waals surface area contributed by atoms with E-state index in [2.05, 4.69) is 15.0 Å². The molecular formula is C18H11ClFN5O2. The molecule has 1 amide bonds. The maximum atomic E-state index is 13.2. The van der Waals surface area contributed by atoms with Gasteiger partial charge in [0.05, 0.1) is 5.69 Å². The van der Waals surface area contributed by atoms with Crippen molar-refractivity contribution in [2.75, 3.05) is 0 Å². The lowest BCUT2D eigenvalue weighted by Crippen LogP contribution is -2.15. The second-order valence-corrected chi connectivity index (χ2v) is 6.15. The van der Waals surface area contributed by atoms with Crippen molar-refractivity contribution in [3.8, 4) is 17.1 Å². The minimum atomic E-state index is -0.828. The number of primary amides is 1. The zero-order chi connectivity index (χ0) is 19.1. The van der Waals surface area contributed by atoms with Gasteiger partial charge in [0, 0.05) is 10.6 Å². The zero-order valence-corrected chi connectivity index (χ0v) is 14.4. The third-order valence-corrected chi connectivity index (χ3v) is 4.17. The van der Waals surface area contributed by atoms with Gasteiger partial charge in [-0.2, -0.15) is 0 Å². The third kappa shape index (κ3) is 2.96. The van der Waals surface area contributed by atoms with E-state index < -0.39 is 17.4 Å². The standard InChI is InChI=1S/C18H11ClFN5O2/c19-10-2-1-3-12(8-10)25-17-14(23-18(25)27)13(15(21)26)22-16(24-17)9-4-6-11(20)7-5-9/h1-8H,(H2,21,26)(H,23,27). The molecule has 3 N–H and O–H groups in total. The molecule has 0 aliphatic heterocycles. The number of nitrogens with one attached hydrogen (secondary N) is 1. The summed E-state index contributed by atoms with van der Waals surface area (Å²) >= 11 is 6.02. The number of rotatable bonds is 3. The van der Waals surface area contributed by atoms with E-state index in [4.69, 9.17) is 17.3 Å². The van der Waals surface area contributed by atoms with Gasteiger partial charge in [0.25, 0.3) is 5.91 Å². The van der Waals surface area contributed by atoms with Crippen LogP contribution < -0.4 is 11.4 Å². The monoisotopic (exact) mass is 383 g/mol. The Labute approximate surface area is 156 Å². The lowest BCUT2D eigenvalue weighted by atomic mass is 10.2. The number of hydrogen-bond acceptors (Lipinski definition) is 4. The van der Waals surface area contributed by atoms with E-state index in [9.17, 15) is 14.0 Å². The normalized spacial score (nSPS) is 11.0. The van der Waals surface area contributed by atoms with Gasteiger partial charge in [-0.25, -0.2) is 23.7 Å². The van der Waals surface area contributed by atoms with Gasteiger partial charge < -0.3 is 10.7 Å². The molecule has 134 valence electrons. The van der Waals surface area contributed by atoms with E-state index >= 15 is 0 Å². The first-order chi connectivity index (χ1) is 12.9. The Kier molecular flexibility index (Phi) is 3.97. The van der Waals surface area contributed by atoms with Gasteiger partial charge in [-0.05, 0) is 42.5 Å². The molecule has 27 heavy (non-hydrogen) atoms. The number of carbonyl (C=O) groups is 1. The lowest BCUT2D eigenvalue weighted by Gasteiger charge is -2.07. The van der Waals surface area contributed by atoms with E-state index in [1.54, 1.807) is 24.3 Å². The molecule has 0 unspecified atom stereocenters. The van der Waals surface area contributed by atoms with E-state index in [0.717, 1.165) is 0 Å². The number of imidazole rings is 1. The van der Waals surface area contributed by atoms with Crippen LogP contribution in [0, 0.1) is 5.82 Å². The molecule has 0 atom stereocenters. The van der Waals surface area contributed by atoms with Crippen LogP contribution in [0.2, 0.25) is 5.02 Å². The Balaban J connectivity index is 2.06. The Hall–Kier alpha value is -3.52. The summed E-state index contributed by atoms with van der Waals surface area (Å²) in [6, 6.07) is 12.0. The molecule has 0 radical (unpaired) electrons. The fourth-order valence-electron chi connectivity index (χ4n) is 2.75. The summed E-state index contributed by atoms with van der Waals surface area (Å²) in [5, 5.41) is 0.427. The molecule has 4 aromatic rings. The van der Waals surface area contributed by atoms with Gasteiger partial charge in [-0.3, -0.25) is 4.79 Å². The van der Waals surface area contributed by atoms with Gasteiger partial charge in [0.15, 0.2) is 17.2 Å². The summed E-state index contributed by atoms with van der Waals surface area (Å²) in [6.45, 7) is 0. The fraction of sp³-hybridized carbons (Fsp3) is 0. The molecule has 2 heterocycles. The van der Waals surface area contributed by atoms with Crippen molar-refractivity contribution >= 4 is 28.7 Å². The average molecular weight is 384 g/mol.